The summed E-state index contributed by atoms with van der Waals surface area (Å²) in [7, 11) is 30.0. The molecule has 8 heteroatoms. The van der Waals surface area contributed by atoms with Gasteiger partial charge in [0, 0.05) is 0 Å². The predicted octanol–water partition coefficient (Wildman–Crippen LogP) is 3.38. The van der Waals surface area contributed by atoms with E-state index in [-0.39, 0.29) is 0 Å². The van der Waals surface area contributed by atoms with Crippen molar-refractivity contribution in [2.75, 3.05) is 0 Å². The Bertz CT molecular complexity index is 22.0. The predicted molar refractivity (Wildman–Crippen MR) is 46.6 cm³/mol. The Kier molecular flexibility index (Phi) is 18.0. The Morgan fingerprint density at radius 2 is 0.500 bits per heavy atom. The molecule has 0 saturated heterocycles. The second-order valence-corrected chi connectivity index (χ2v) is 25.9. The molecule has 0 amide bonds. The van der Waals surface area contributed by atoms with Crippen molar-refractivity contribution in [2.45, 2.75) is 0 Å². The first-order valence-corrected chi connectivity index (χ1v) is 22.8. The van der Waals surface area contributed by atoms with Crippen LogP contribution in [0.4, 0.5) is 0 Å². The van der Waals surface area contributed by atoms with Gasteiger partial charge in [-0.3, -0.25) is 0 Å². The van der Waals surface area contributed by atoms with Crippen LogP contribution >= 0.6 is 53.5 Å². The molecule has 0 aromatic carbocycles. The normalized spacial score (nSPS) is 9.00. The van der Waals surface area contributed by atoms with Crippen molar-refractivity contribution in [1.82, 2.24) is 0 Å². The van der Waals surface area contributed by atoms with Crippen LogP contribution in [0.25, 0.3) is 0 Å². The zero-order chi connectivity index (χ0) is 7.15. The summed E-state index contributed by atoms with van der Waals surface area (Å²) in [5.74, 6) is 0. The van der Waals surface area contributed by atoms with E-state index >= 15 is 0 Å². The van der Waals surface area contributed by atoms with Crippen LogP contribution in [0.2, 0.25) is 0 Å². The Labute approximate surface area is 84.5 Å². The molecular weight excluding hydrogens is 450 g/mol. The van der Waals surface area contributed by atoms with Gasteiger partial charge in [0.05, 0.1) is 0 Å². The average Bonchev–Trinajstić information content (AvgIpc) is 1.25. The molecule has 0 saturated carbocycles. The molecule has 0 atom stereocenters. The van der Waals surface area contributed by atoms with Crippen molar-refractivity contribution in [1.29, 1.82) is 0 Å². The van der Waals surface area contributed by atoms with Crippen molar-refractivity contribution in [3.63, 3.8) is 0 Å². The average molecular weight is 450 g/mol. The zero-order valence-electron chi connectivity index (χ0n) is 3.27. The molecule has 0 heterocycles. The number of rotatable bonds is 0. The first-order chi connectivity index (χ1) is 3.46. The number of hydrogen-bond acceptors (Lipinski definition) is 0. The van der Waals surface area contributed by atoms with Gasteiger partial charge < -0.3 is 0 Å². The van der Waals surface area contributed by atoms with Gasteiger partial charge in [-0.05, 0) is 0 Å². The van der Waals surface area contributed by atoms with Crippen LogP contribution in [0.5, 0.6) is 0 Å². The van der Waals surface area contributed by atoms with Gasteiger partial charge in [0.1, 0.15) is 0 Å². The van der Waals surface area contributed by atoms with Crippen molar-refractivity contribution in [3.8, 4) is 0 Å². The van der Waals surface area contributed by atoms with E-state index in [2.05, 4.69) is 0 Å². The molecule has 0 nitrogen and oxygen atoms in total. The molecule has 0 aliphatic heterocycles. The molecule has 0 aliphatic rings. The Hall–Kier alpha value is 3.34. The van der Waals surface area contributed by atoms with Gasteiger partial charge in [-0.2, -0.15) is 0 Å². The van der Waals surface area contributed by atoms with E-state index in [9.17, 15) is 0 Å². The van der Waals surface area contributed by atoms with Gasteiger partial charge >= 0.3 is 86.3 Å². The minimum atomic E-state index is -2.13. The van der Waals surface area contributed by atoms with E-state index in [4.69, 9.17) is 53.5 Å². The first-order valence-electron chi connectivity index (χ1n) is 1.13. The third-order valence-corrected chi connectivity index (χ3v) is 0. The summed E-state index contributed by atoms with van der Waals surface area (Å²) in [6, 6.07) is 0. The van der Waals surface area contributed by atoms with Gasteiger partial charge in [-0.15, -0.1) is 0 Å². The van der Waals surface area contributed by atoms with Crippen LogP contribution in [-0.4, -0.2) is 32.8 Å². The molecule has 0 spiro atoms. The van der Waals surface area contributed by atoms with Crippen LogP contribution < -0.4 is 0 Å². The fraction of sp³-hybridized carbons (Fsp3) is 0. The monoisotopic (exact) mass is 450 g/mol. The fourth-order valence-electron chi connectivity index (χ4n) is 0. The topological polar surface area (TPSA) is 0 Å². The van der Waals surface area contributed by atoms with Gasteiger partial charge in [0.2, 0.25) is 0 Å². The standard InChI is InChI=1S/6ClH.2Sn/h6*1H;;/q;;;;;;2*+3/p-6. The minimum absolute atomic E-state index is 2.13. The van der Waals surface area contributed by atoms with Crippen LogP contribution in [-0.2, 0) is 0 Å². The van der Waals surface area contributed by atoms with Crippen LogP contribution in [0, 0.1) is 0 Å². The SMILES string of the molecule is [Cl][Sn]([Cl])[Cl].[Cl][Sn]([Cl])[Cl]. The third kappa shape index (κ3) is 58.3. The fourth-order valence-corrected chi connectivity index (χ4v) is 0. The van der Waals surface area contributed by atoms with Crippen LogP contribution in [0.15, 0.2) is 0 Å². The molecular formula is Cl6Sn2. The summed E-state index contributed by atoms with van der Waals surface area (Å²) in [4.78, 5) is 0. The molecule has 50 valence electrons. The Balaban J connectivity index is 0. The summed E-state index contributed by atoms with van der Waals surface area (Å²) in [6.07, 6.45) is 0. The van der Waals surface area contributed by atoms with Gasteiger partial charge in [-0.1, -0.05) is 0 Å². The molecule has 0 rings (SSSR count). The van der Waals surface area contributed by atoms with E-state index in [1.807, 2.05) is 0 Å². The van der Waals surface area contributed by atoms with Gasteiger partial charge in [0.15, 0.2) is 0 Å². The van der Waals surface area contributed by atoms with E-state index < -0.39 is 32.8 Å². The van der Waals surface area contributed by atoms with Crippen molar-refractivity contribution < 1.29 is 0 Å². The summed E-state index contributed by atoms with van der Waals surface area (Å²) in [6.45, 7) is 0. The first kappa shape index (κ1) is 13.9. The van der Waals surface area contributed by atoms with Gasteiger partial charge in [-0.25, -0.2) is 0 Å². The summed E-state index contributed by atoms with van der Waals surface area (Å²) >= 11 is -4.25. The van der Waals surface area contributed by atoms with Crippen LogP contribution in [0.3, 0.4) is 0 Å². The molecule has 0 aromatic heterocycles. The van der Waals surface area contributed by atoms with Gasteiger partial charge in [0.25, 0.3) is 0 Å². The number of hydrogen-bond donors (Lipinski definition) is 0. The Morgan fingerprint density at radius 1 is 0.500 bits per heavy atom. The maximum atomic E-state index is 5.00. The van der Waals surface area contributed by atoms with Crippen molar-refractivity contribution in [3.05, 3.63) is 0 Å². The zero-order valence-corrected chi connectivity index (χ0v) is 13.5. The van der Waals surface area contributed by atoms with Crippen molar-refractivity contribution in [2.24, 2.45) is 0 Å². The summed E-state index contributed by atoms with van der Waals surface area (Å²) in [5.41, 5.74) is 0. The molecule has 8 heavy (non-hydrogen) atoms. The van der Waals surface area contributed by atoms with E-state index in [0.29, 0.717) is 0 Å². The van der Waals surface area contributed by atoms with Crippen molar-refractivity contribution >= 4 is 86.3 Å². The molecule has 0 unspecified atom stereocenters. The molecule has 0 aromatic rings. The Morgan fingerprint density at radius 3 is 0.500 bits per heavy atom. The second kappa shape index (κ2) is 10.3. The molecule has 0 bridgehead atoms. The summed E-state index contributed by atoms with van der Waals surface area (Å²) in [5, 5.41) is 0. The molecule has 0 fully saturated rings. The second-order valence-electron chi connectivity index (χ2n) is 0.429. The molecule has 0 aliphatic carbocycles. The molecule has 2 radical (unpaired) electrons. The van der Waals surface area contributed by atoms with E-state index in [1.165, 1.54) is 0 Å². The quantitative estimate of drug-likeness (QED) is 0.497. The third-order valence-electron chi connectivity index (χ3n) is 0. The van der Waals surface area contributed by atoms with E-state index in [0.717, 1.165) is 0 Å². The maximum absolute atomic E-state index is 5.00. The summed E-state index contributed by atoms with van der Waals surface area (Å²) < 4.78 is 0. The number of halogens is 6. The molecule has 0 N–H and O–H groups in total. The van der Waals surface area contributed by atoms with Crippen LogP contribution in [0.1, 0.15) is 0 Å². The van der Waals surface area contributed by atoms with E-state index in [1.54, 1.807) is 0 Å².